The molecule has 1 amide bonds. The second kappa shape index (κ2) is 12.2. The number of methoxy groups -OCH3 is 1. The molecule has 0 saturated heterocycles. The molecule has 1 unspecified atom stereocenters. The Morgan fingerprint density at radius 3 is 2.63 bits per heavy atom. The van der Waals surface area contributed by atoms with Crippen LogP contribution >= 0.6 is 0 Å². The molecule has 2 aromatic carbocycles. The van der Waals surface area contributed by atoms with Crippen molar-refractivity contribution in [3.63, 3.8) is 0 Å². The summed E-state index contributed by atoms with van der Waals surface area (Å²) in [6, 6.07) is 17.2. The van der Waals surface area contributed by atoms with Crippen LogP contribution in [0.4, 0.5) is 11.6 Å². The van der Waals surface area contributed by atoms with Gasteiger partial charge in [-0.1, -0.05) is 48.8 Å². The number of nitrogens with one attached hydrogen (secondary N) is 1. The first-order valence-electron chi connectivity index (χ1n) is 13.2. The topological polar surface area (TPSA) is 142 Å². The first kappa shape index (κ1) is 28.5. The Morgan fingerprint density at radius 2 is 1.93 bits per heavy atom. The second-order valence-corrected chi connectivity index (χ2v) is 9.40. The van der Waals surface area contributed by atoms with Gasteiger partial charge in [-0.25, -0.2) is 19.6 Å². The molecule has 0 saturated carbocycles. The van der Waals surface area contributed by atoms with Crippen molar-refractivity contribution in [1.29, 1.82) is 0 Å². The molecule has 5 rings (SSSR count). The molecule has 43 heavy (non-hydrogen) atoms. The number of rotatable bonds is 7. The maximum absolute atomic E-state index is 14.2. The Hall–Kier alpha value is -6.02. The number of allylic oxidation sites excluding steroid dienone is 1. The Labute approximate surface area is 247 Å². The van der Waals surface area contributed by atoms with Gasteiger partial charge in [0.25, 0.3) is 11.5 Å². The predicted octanol–water partition coefficient (Wildman–Crippen LogP) is 3.88. The molecule has 0 aliphatic carbocycles. The second-order valence-electron chi connectivity index (χ2n) is 9.40. The van der Waals surface area contributed by atoms with E-state index in [0.29, 0.717) is 39.4 Å². The van der Waals surface area contributed by atoms with E-state index >= 15 is 0 Å². The number of carbonyl (C=O) groups excluding carboxylic acids is 1. The van der Waals surface area contributed by atoms with Gasteiger partial charge in [0.2, 0.25) is 5.88 Å². The molecule has 0 aliphatic rings. The van der Waals surface area contributed by atoms with Crippen molar-refractivity contribution in [1.82, 2.24) is 29.6 Å². The molecule has 0 aliphatic heterocycles. The fourth-order valence-corrected chi connectivity index (χ4v) is 4.54. The Balaban J connectivity index is 1.61. The van der Waals surface area contributed by atoms with E-state index in [2.05, 4.69) is 38.8 Å². The minimum Gasteiger partial charge on any atom is -0.481 e. The summed E-state index contributed by atoms with van der Waals surface area (Å²) in [6.07, 6.45) is 4.53. The lowest BCUT2D eigenvalue weighted by Crippen LogP contribution is -2.33. The molecule has 3 heterocycles. The number of hydrogen-bond donors (Lipinski definition) is 2. The molecule has 11 heteroatoms. The summed E-state index contributed by atoms with van der Waals surface area (Å²) in [5.41, 5.74) is 8.02. The Morgan fingerprint density at radius 1 is 1.14 bits per heavy atom. The molecule has 3 N–H and O–H groups in total. The van der Waals surface area contributed by atoms with E-state index in [1.807, 2.05) is 18.2 Å². The van der Waals surface area contributed by atoms with Crippen molar-refractivity contribution < 1.29 is 9.53 Å². The number of benzene rings is 2. The highest BCUT2D eigenvalue weighted by Crippen LogP contribution is 2.26. The van der Waals surface area contributed by atoms with Crippen molar-refractivity contribution in [2.24, 2.45) is 12.0 Å². The summed E-state index contributed by atoms with van der Waals surface area (Å²) < 4.78 is 8.00. The third kappa shape index (κ3) is 5.75. The number of fused-ring (bicyclic) bond motifs is 1. The SMILES string of the molecule is C=C/C=N\c1c(C(=O)NC(C)c2nc3cccc(C#Cc4ccc(OC)nc4)c3c(=O)n2-c2ccccc2)c(N)nn1C. The Bertz CT molecular complexity index is 1980. The van der Waals surface area contributed by atoms with Crippen LogP contribution in [0.2, 0.25) is 0 Å². The molecular formula is C32H28N8O3. The number of carbonyl (C=O) groups is 1. The van der Waals surface area contributed by atoms with E-state index in [9.17, 15) is 9.59 Å². The number of anilines is 1. The normalized spacial score (nSPS) is 11.6. The van der Waals surface area contributed by atoms with Crippen molar-refractivity contribution in [2.75, 3.05) is 12.8 Å². The van der Waals surface area contributed by atoms with Gasteiger partial charge in [-0.05, 0) is 37.3 Å². The lowest BCUT2D eigenvalue weighted by Gasteiger charge is -2.20. The number of aromatic nitrogens is 5. The zero-order valence-electron chi connectivity index (χ0n) is 23.8. The van der Waals surface area contributed by atoms with Gasteiger partial charge in [0.05, 0.1) is 29.7 Å². The fraction of sp³-hybridized carbons (Fsp3) is 0.125. The predicted molar refractivity (Wildman–Crippen MR) is 166 cm³/mol. The fourth-order valence-electron chi connectivity index (χ4n) is 4.54. The molecule has 0 spiro atoms. The summed E-state index contributed by atoms with van der Waals surface area (Å²) in [6.45, 7) is 5.36. The maximum atomic E-state index is 14.2. The highest BCUT2D eigenvalue weighted by Gasteiger charge is 2.25. The zero-order valence-corrected chi connectivity index (χ0v) is 23.8. The molecule has 1 atom stereocenters. The first-order chi connectivity index (χ1) is 20.8. The highest BCUT2D eigenvalue weighted by molar-refractivity contribution is 6.03. The number of amides is 1. The van der Waals surface area contributed by atoms with E-state index in [-0.39, 0.29) is 22.8 Å². The van der Waals surface area contributed by atoms with Gasteiger partial charge in [0.15, 0.2) is 11.6 Å². The average Bonchev–Trinajstić information content (AvgIpc) is 3.31. The first-order valence-corrected chi connectivity index (χ1v) is 13.2. The molecule has 214 valence electrons. The summed E-state index contributed by atoms with van der Waals surface area (Å²) in [5, 5.41) is 7.40. The molecule has 11 nitrogen and oxygen atoms in total. The van der Waals surface area contributed by atoms with Crippen molar-refractivity contribution in [3.05, 3.63) is 112 Å². The van der Waals surface area contributed by atoms with Gasteiger partial charge in [0.1, 0.15) is 11.4 Å². The molecule has 0 radical (unpaired) electrons. The van der Waals surface area contributed by atoms with Crippen LogP contribution in [0.3, 0.4) is 0 Å². The van der Waals surface area contributed by atoms with E-state index < -0.39 is 11.9 Å². The number of nitrogen functional groups attached to an aromatic ring is 1. The lowest BCUT2D eigenvalue weighted by molar-refractivity contribution is 0.0939. The van der Waals surface area contributed by atoms with Crippen LogP contribution < -0.4 is 21.3 Å². The number of nitrogens with zero attached hydrogens (tertiary/aromatic N) is 6. The van der Waals surface area contributed by atoms with E-state index in [4.69, 9.17) is 15.5 Å². The molecule has 0 fully saturated rings. The van der Waals surface area contributed by atoms with Gasteiger partial charge >= 0.3 is 0 Å². The standard InChI is InChI=1S/C32H28N8O3/c1-5-18-34-30-27(28(33)38-39(30)3)31(41)36-20(2)29-37-24-13-9-10-22(16-14-21-15-17-25(43-4)35-19-21)26(24)32(42)40(29)23-11-7-6-8-12-23/h5-13,15,17-20H,1H2,2-4H3,(H2,33,38)(H,36,41)/b34-18-. The highest BCUT2D eigenvalue weighted by atomic mass is 16.5. The number of nitrogens with two attached hydrogens (primary N) is 1. The van der Waals surface area contributed by atoms with Crippen LogP contribution in [0, 0.1) is 11.8 Å². The third-order valence-corrected chi connectivity index (χ3v) is 6.53. The van der Waals surface area contributed by atoms with Crippen LogP contribution in [0.15, 0.2) is 89.3 Å². The lowest BCUT2D eigenvalue weighted by atomic mass is 10.1. The van der Waals surface area contributed by atoms with Crippen LogP contribution in [-0.4, -0.2) is 43.5 Å². The number of hydrogen-bond acceptors (Lipinski definition) is 8. The number of ether oxygens (including phenoxy) is 1. The third-order valence-electron chi connectivity index (χ3n) is 6.53. The number of aryl methyl sites for hydroxylation is 1. The van der Waals surface area contributed by atoms with Gasteiger partial charge in [0, 0.05) is 36.7 Å². The van der Waals surface area contributed by atoms with Crippen molar-refractivity contribution in [2.45, 2.75) is 13.0 Å². The quantitative estimate of drug-likeness (QED) is 0.223. The smallest absolute Gasteiger partial charge is 0.267 e. The maximum Gasteiger partial charge on any atom is 0.267 e. The van der Waals surface area contributed by atoms with Crippen LogP contribution in [0.1, 0.15) is 40.3 Å². The Kier molecular flexibility index (Phi) is 8.11. The minimum atomic E-state index is -0.722. The summed E-state index contributed by atoms with van der Waals surface area (Å²) in [7, 11) is 3.18. The van der Waals surface area contributed by atoms with Crippen molar-refractivity contribution in [3.8, 4) is 23.4 Å². The molecular weight excluding hydrogens is 544 g/mol. The zero-order chi connectivity index (χ0) is 30.5. The van der Waals surface area contributed by atoms with Crippen LogP contribution in [0.25, 0.3) is 16.6 Å². The largest absolute Gasteiger partial charge is 0.481 e. The van der Waals surface area contributed by atoms with Crippen molar-refractivity contribution >= 4 is 34.7 Å². The summed E-state index contributed by atoms with van der Waals surface area (Å²) in [4.78, 5) is 41.0. The molecule has 5 aromatic rings. The van der Waals surface area contributed by atoms with Crippen LogP contribution in [-0.2, 0) is 7.05 Å². The monoisotopic (exact) mass is 572 g/mol. The van der Waals surface area contributed by atoms with E-state index in [0.717, 1.165) is 0 Å². The minimum absolute atomic E-state index is 0.0191. The van der Waals surface area contributed by atoms with E-state index in [1.54, 1.807) is 69.7 Å². The summed E-state index contributed by atoms with van der Waals surface area (Å²) in [5.74, 6) is 6.73. The van der Waals surface area contributed by atoms with Gasteiger partial charge in [-0.2, -0.15) is 5.10 Å². The van der Waals surface area contributed by atoms with Gasteiger partial charge in [-0.15, -0.1) is 0 Å². The van der Waals surface area contributed by atoms with Gasteiger partial charge in [-0.3, -0.25) is 14.2 Å². The van der Waals surface area contributed by atoms with E-state index in [1.165, 1.54) is 21.5 Å². The summed E-state index contributed by atoms with van der Waals surface area (Å²) >= 11 is 0. The number of pyridine rings is 1. The van der Waals surface area contributed by atoms with Gasteiger partial charge < -0.3 is 15.8 Å². The van der Waals surface area contributed by atoms with Crippen LogP contribution in [0.5, 0.6) is 5.88 Å². The number of aliphatic imine (C=N–C) groups is 1. The average molecular weight is 573 g/mol. The number of para-hydroxylation sites is 1. The molecule has 3 aromatic heterocycles. The molecule has 0 bridgehead atoms.